The number of hydrogen-bond donors (Lipinski definition) is 2. The van der Waals surface area contributed by atoms with Gasteiger partial charge in [-0.1, -0.05) is 12.1 Å². The van der Waals surface area contributed by atoms with Crippen molar-refractivity contribution >= 4 is 15.9 Å². The Kier molecular flexibility index (Phi) is 7.20. The Hall–Kier alpha value is -2.58. The third-order valence-corrected chi connectivity index (χ3v) is 5.46. The van der Waals surface area contributed by atoms with E-state index in [1.54, 1.807) is 26.4 Å². The van der Waals surface area contributed by atoms with Gasteiger partial charge in [-0.2, -0.15) is 0 Å². The highest BCUT2D eigenvalue weighted by Gasteiger charge is 2.14. The molecule has 27 heavy (non-hydrogen) atoms. The fourth-order valence-electron chi connectivity index (χ4n) is 2.55. The molecule has 8 heteroatoms. The van der Waals surface area contributed by atoms with Gasteiger partial charge < -0.3 is 14.8 Å². The Morgan fingerprint density at radius 3 is 2.44 bits per heavy atom. The summed E-state index contributed by atoms with van der Waals surface area (Å²) in [7, 11) is 0.924. The van der Waals surface area contributed by atoms with Crippen molar-refractivity contribution < 1.29 is 22.7 Å². The van der Waals surface area contributed by atoms with Gasteiger partial charge >= 0.3 is 0 Å². The van der Waals surface area contributed by atoms with E-state index in [1.807, 2.05) is 18.2 Å². The molecule has 0 atom stereocenters. The van der Waals surface area contributed by atoms with Crippen LogP contribution in [0.3, 0.4) is 0 Å². The number of ether oxygens (including phenoxy) is 2. The zero-order valence-corrected chi connectivity index (χ0v) is 16.4. The zero-order valence-electron chi connectivity index (χ0n) is 15.6. The number of hydrogen-bond acceptors (Lipinski definition) is 5. The van der Waals surface area contributed by atoms with Crippen molar-refractivity contribution in [3.05, 3.63) is 53.6 Å². The van der Waals surface area contributed by atoms with Crippen LogP contribution < -0.4 is 19.5 Å². The minimum absolute atomic E-state index is 0.0583. The molecule has 2 rings (SSSR count). The minimum atomic E-state index is -3.58. The molecule has 0 aliphatic heterocycles. The molecule has 2 aromatic rings. The van der Waals surface area contributed by atoms with Crippen molar-refractivity contribution in [1.29, 1.82) is 0 Å². The van der Waals surface area contributed by atoms with Crippen molar-refractivity contribution in [3.8, 4) is 11.5 Å². The van der Waals surface area contributed by atoms with Crippen molar-refractivity contribution in [2.24, 2.45) is 0 Å². The molecule has 0 bridgehead atoms. The Balaban J connectivity index is 1.91. The maximum absolute atomic E-state index is 12.2. The lowest BCUT2D eigenvalue weighted by Gasteiger charge is -2.10. The van der Waals surface area contributed by atoms with Crippen LogP contribution in [0.5, 0.6) is 11.5 Å². The van der Waals surface area contributed by atoms with Gasteiger partial charge in [-0.3, -0.25) is 4.79 Å². The molecule has 0 aromatic heterocycles. The maximum Gasteiger partial charge on any atom is 0.251 e. The summed E-state index contributed by atoms with van der Waals surface area (Å²) in [4.78, 5) is 12.3. The summed E-state index contributed by atoms with van der Waals surface area (Å²) in [6.07, 6.45) is 1.49. The van der Waals surface area contributed by atoms with Crippen LogP contribution in [0.1, 0.15) is 22.3 Å². The number of carbonyl (C=O) groups excluding carboxylic acids is 1. The van der Waals surface area contributed by atoms with E-state index >= 15 is 0 Å². The third kappa shape index (κ3) is 5.45. The molecule has 0 unspecified atom stereocenters. The van der Waals surface area contributed by atoms with Crippen LogP contribution in [0.4, 0.5) is 0 Å². The second-order valence-corrected chi connectivity index (χ2v) is 7.67. The number of nitrogens with one attached hydrogen (secondary N) is 2. The van der Waals surface area contributed by atoms with E-state index in [-0.39, 0.29) is 10.8 Å². The smallest absolute Gasteiger partial charge is 0.251 e. The number of benzene rings is 2. The van der Waals surface area contributed by atoms with Crippen LogP contribution in [-0.4, -0.2) is 42.1 Å². The van der Waals surface area contributed by atoms with Crippen LogP contribution in [0, 0.1) is 0 Å². The molecule has 0 saturated heterocycles. The summed E-state index contributed by atoms with van der Waals surface area (Å²) in [6.45, 7) is 0.468. The first-order valence-electron chi connectivity index (χ1n) is 8.44. The fraction of sp³-hybridized carbons (Fsp3) is 0.316. The zero-order chi connectivity index (χ0) is 19.9. The normalized spacial score (nSPS) is 11.1. The van der Waals surface area contributed by atoms with E-state index in [2.05, 4.69) is 10.0 Å². The average Bonchev–Trinajstić information content (AvgIpc) is 2.70. The van der Waals surface area contributed by atoms with Gasteiger partial charge in [-0.25, -0.2) is 13.1 Å². The summed E-state index contributed by atoms with van der Waals surface area (Å²) in [5, 5.41) is 2.81. The molecule has 0 aliphatic rings. The van der Waals surface area contributed by atoms with E-state index in [1.165, 1.54) is 19.2 Å². The minimum Gasteiger partial charge on any atom is -0.493 e. The topological polar surface area (TPSA) is 93.7 Å². The summed E-state index contributed by atoms with van der Waals surface area (Å²) in [5.41, 5.74) is 1.38. The first-order chi connectivity index (χ1) is 12.9. The van der Waals surface area contributed by atoms with Gasteiger partial charge in [0.15, 0.2) is 11.5 Å². The molecule has 0 saturated carbocycles. The predicted octanol–water partition coefficient (Wildman–Crippen LogP) is 1.97. The largest absolute Gasteiger partial charge is 0.493 e. The standard InChI is InChI=1S/C19H24N2O5S/c1-20-27(23,24)16-8-4-7-15(13-16)19(22)21-11-5-6-14-9-10-17(25-2)18(12-14)26-3/h4,7-10,12-13,20H,5-6,11H2,1-3H3,(H,21,22). The molecule has 146 valence electrons. The number of methoxy groups -OCH3 is 2. The number of amides is 1. The predicted molar refractivity (Wildman–Crippen MR) is 103 cm³/mol. The molecule has 1 amide bonds. The first kappa shape index (κ1) is 20.7. The summed E-state index contributed by atoms with van der Waals surface area (Å²) >= 11 is 0. The molecular weight excluding hydrogens is 368 g/mol. The summed E-state index contributed by atoms with van der Waals surface area (Å²) < 4.78 is 36.4. The van der Waals surface area contributed by atoms with Crippen LogP contribution in [-0.2, 0) is 16.4 Å². The molecular formula is C19H24N2O5S. The fourth-order valence-corrected chi connectivity index (χ4v) is 3.33. The van der Waals surface area contributed by atoms with E-state index in [0.29, 0.717) is 23.6 Å². The number of carbonyl (C=O) groups is 1. The molecule has 0 spiro atoms. The molecule has 0 heterocycles. The van der Waals surface area contributed by atoms with Gasteiger partial charge in [0.1, 0.15) is 0 Å². The summed E-state index contributed by atoms with van der Waals surface area (Å²) in [6, 6.07) is 11.6. The molecule has 2 aromatic carbocycles. The number of aryl methyl sites for hydroxylation is 1. The second kappa shape index (κ2) is 9.38. The van der Waals surface area contributed by atoms with Gasteiger partial charge in [0.05, 0.1) is 19.1 Å². The van der Waals surface area contributed by atoms with Gasteiger partial charge in [0, 0.05) is 12.1 Å². The van der Waals surface area contributed by atoms with Crippen molar-refractivity contribution in [2.45, 2.75) is 17.7 Å². The lowest BCUT2D eigenvalue weighted by molar-refractivity contribution is 0.0953. The quantitative estimate of drug-likeness (QED) is 0.637. The van der Waals surface area contributed by atoms with Crippen LogP contribution in [0.2, 0.25) is 0 Å². The lowest BCUT2D eigenvalue weighted by atomic mass is 10.1. The van der Waals surface area contributed by atoms with Gasteiger partial charge in [0.2, 0.25) is 10.0 Å². The van der Waals surface area contributed by atoms with Crippen LogP contribution in [0.15, 0.2) is 47.4 Å². The molecule has 2 N–H and O–H groups in total. The first-order valence-corrected chi connectivity index (χ1v) is 9.92. The van der Waals surface area contributed by atoms with E-state index in [0.717, 1.165) is 18.4 Å². The third-order valence-electron chi connectivity index (χ3n) is 4.05. The molecule has 7 nitrogen and oxygen atoms in total. The number of rotatable bonds is 9. The van der Waals surface area contributed by atoms with E-state index in [9.17, 15) is 13.2 Å². The Labute approximate surface area is 159 Å². The van der Waals surface area contributed by atoms with Crippen LogP contribution in [0.25, 0.3) is 0 Å². The lowest BCUT2D eigenvalue weighted by Crippen LogP contribution is -2.25. The van der Waals surface area contributed by atoms with Crippen LogP contribution >= 0.6 is 0 Å². The van der Waals surface area contributed by atoms with Crippen molar-refractivity contribution in [1.82, 2.24) is 10.0 Å². The highest BCUT2D eigenvalue weighted by molar-refractivity contribution is 7.89. The monoisotopic (exact) mass is 392 g/mol. The molecule has 0 radical (unpaired) electrons. The Morgan fingerprint density at radius 2 is 1.78 bits per heavy atom. The van der Waals surface area contributed by atoms with Gasteiger partial charge in [-0.05, 0) is 55.8 Å². The summed E-state index contributed by atoms with van der Waals surface area (Å²) in [5.74, 6) is 1.03. The van der Waals surface area contributed by atoms with E-state index in [4.69, 9.17) is 9.47 Å². The highest BCUT2D eigenvalue weighted by Crippen LogP contribution is 2.27. The van der Waals surface area contributed by atoms with Crippen molar-refractivity contribution in [2.75, 3.05) is 27.8 Å². The molecule has 0 aliphatic carbocycles. The second-order valence-electron chi connectivity index (χ2n) is 5.78. The SMILES string of the molecule is CNS(=O)(=O)c1cccc(C(=O)NCCCc2ccc(OC)c(OC)c2)c1. The average molecular weight is 392 g/mol. The van der Waals surface area contributed by atoms with Gasteiger partial charge in [-0.15, -0.1) is 0 Å². The number of sulfonamides is 1. The van der Waals surface area contributed by atoms with Gasteiger partial charge in [0.25, 0.3) is 5.91 Å². The Bertz CT molecular complexity index is 897. The van der Waals surface area contributed by atoms with Crippen molar-refractivity contribution in [3.63, 3.8) is 0 Å². The Morgan fingerprint density at radius 1 is 1.04 bits per heavy atom. The van der Waals surface area contributed by atoms with E-state index < -0.39 is 10.0 Å². The maximum atomic E-state index is 12.2. The molecule has 0 fully saturated rings. The highest BCUT2D eigenvalue weighted by atomic mass is 32.2.